The number of hydrogen-bond acceptors (Lipinski definition) is 5. The Kier molecular flexibility index (Phi) is 5.96. The molecule has 2 heterocycles. The van der Waals surface area contributed by atoms with Gasteiger partial charge >= 0.3 is 0 Å². The van der Waals surface area contributed by atoms with Gasteiger partial charge < -0.3 is 19.3 Å². The highest BCUT2D eigenvalue weighted by atomic mass is 16.5. The van der Waals surface area contributed by atoms with Gasteiger partial charge in [-0.05, 0) is 32.6 Å². The summed E-state index contributed by atoms with van der Waals surface area (Å²) in [6.07, 6.45) is 1.11. The van der Waals surface area contributed by atoms with E-state index >= 15 is 0 Å². The Morgan fingerprint density at radius 1 is 1.43 bits per heavy atom. The third kappa shape index (κ3) is 4.40. The van der Waals surface area contributed by atoms with Gasteiger partial charge in [0.25, 0.3) is 0 Å². The first-order chi connectivity index (χ1) is 10.1. The SMILES string of the molecule is CCc1ccc(N2CCOC(COC)C2)c(CN(C)C)n1. The van der Waals surface area contributed by atoms with Crippen molar-refractivity contribution in [2.45, 2.75) is 26.0 Å². The molecule has 118 valence electrons. The second-order valence-electron chi connectivity index (χ2n) is 5.75. The fourth-order valence-corrected chi connectivity index (χ4v) is 2.66. The van der Waals surface area contributed by atoms with E-state index in [4.69, 9.17) is 14.5 Å². The van der Waals surface area contributed by atoms with Crippen LogP contribution < -0.4 is 4.90 Å². The fraction of sp³-hybridized carbons (Fsp3) is 0.688. The van der Waals surface area contributed by atoms with Crippen molar-refractivity contribution in [3.05, 3.63) is 23.5 Å². The van der Waals surface area contributed by atoms with Crippen LogP contribution in [0.15, 0.2) is 12.1 Å². The topological polar surface area (TPSA) is 37.8 Å². The molecule has 5 heteroatoms. The van der Waals surface area contributed by atoms with Gasteiger partial charge in [-0.2, -0.15) is 0 Å². The molecule has 2 rings (SSSR count). The molecular weight excluding hydrogens is 266 g/mol. The van der Waals surface area contributed by atoms with Crippen LogP contribution in [0.5, 0.6) is 0 Å². The number of ether oxygens (including phenoxy) is 2. The molecular formula is C16H27N3O2. The van der Waals surface area contributed by atoms with Gasteiger partial charge in [-0.25, -0.2) is 0 Å². The lowest BCUT2D eigenvalue weighted by atomic mass is 10.1. The first kappa shape index (κ1) is 16.2. The molecule has 21 heavy (non-hydrogen) atoms. The Hall–Kier alpha value is -1.17. The average molecular weight is 293 g/mol. The van der Waals surface area contributed by atoms with E-state index in [0.717, 1.165) is 44.0 Å². The van der Waals surface area contributed by atoms with E-state index in [1.54, 1.807) is 7.11 Å². The molecule has 0 N–H and O–H groups in total. The lowest BCUT2D eigenvalue weighted by Gasteiger charge is -2.35. The largest absolute Gasteiger partial charge is 0.382 e. The van der Waals surface area contributed by atoms with Crippen LogP contribution in [0.3, 0.4) is 0 Å². The van der Waals surface area contributed by atoms with Gasteiger partial charge in [-0.15, -0.1) is 0 Å². The van der Waals surface area contributed by atoms with Crippen molar-refractivity contribution < 1.29 is 9.47 Å². The number of anilines is 1. The standard InChI is InChI=1S/C16H27N3O2/c1-5-13-6-7-16(15(17-13)11-18(2)3)19-8-9-21-14(10-19)12-20-4/h6-7,14H,5,8-12H2,1-4H3. The van der Waals surface area contributed by atoms with Crippen molar-refractivity contribution >= 4 is 5.69 Å². The van der Waals surface area contributed by atoms with E-state index in [-0.39, 0.29) is 6.10 Å². The maximum atomic E-state index is 5.74. The number of rotatable bonds is 6. The molecule has 1 aromatic heterocycles. The van der Waals surface area contributed by atoms with Crippen LogP contribution in [0.1, 0.15) is 18.3 Å². The molecule has 0 aromatic carbocycles. The number of hydrogen-bond donors (Lipinski definition) is 0. The van der Waals surface area contributed by atoms with Gasteiger partial charge in [0.05, 0.1) is 30.7 Å². The molecule has 1 aromatic rings. The van der Waals surface area contributed by atoms with Gasteiger partial charge in [0, 0.05) is 32.4 Å². The molecule has 0 radical (unpaired) electrons. The van der Waals surface area contributed by atoms with Crippen LogP contribution in [0, 0.1) is 0 Å². The smallest absolute Gasteiger partial charge is 0.0983 e. The molecule has 0 bridgehead atoms. The molecule has 0 amide bonds. The Balaban J connectivity index is 2.20. The molecule has 0 aliphatic carbocycles. The van der Waals surface area contributed by atoms with Crippen molar-refractivity contribution in [1.29, 1.82) is 0 Å². The minimum Gasteiger partial charge on any atom is -0.382 e. The van der Waals surface area contributed by atoms with Crippen LogP contribution in [0.25, 0.3) is 0 Å². The zero-order valence-electron chi connectivity index (χ0n) is 13.6. The maximum absolute atomic E-state index is 5.74. The summed E-state index contributed by atoms with van der Waals surface area (Å²) in [5.74, 6) is 0. The van der Waals surface area contributed by atoms with Crippen molar-refractivity contribution in [3.63, 3.8) is 0 Å². The summed E-state index contributed by atoms with van der Waals surface area (Å²) in [6, 6.07) is 4.34. The summed E-state index contributed by atoms with van der Waals surface area (Å²) >= 11 is 0. The van der Waals surface area contributed by atoms with E-state index < -0.39 is 0 Å². The van der Waals surface area contributed by atoms with Gasteiger partial charge in [0.15, 0.2) is 0 Å². The average Bonchev–Trinajstić information content (AvgIpc) is 2.47. The second kappa shape index (κ2) is 7.73. The molecule has 1 fully saturated rings. The van der Waals surface area contributed by atoms with E-state index in [2.05, 4.69) is 43.0 Å². The summed E-state index contributed by atoms with van der Waals surface area (Å²) in [7, 11) is 5.88. The van der Waals surface area contributed by atoms with Gasteiger partial charge in [-0.1, -0.05) is 6.92 Å². The zero-order chi connectivity index (χ0) is 15.2. The minimum atomic E-state index is 0.141. The van der Waals surface area contributed by atoms with Crippen molar-refractivity contribution in [3.8, 4) is 0 Å². The molecule has 1 saturated heterocycles. The normalized spacial score (nSPS) is 19.3. The lowest BCUT2D eigenvalue weighted by molar-refractivity contribution is -0.0101. The predicted molar refractivity (Wildman–Crippen MR) is 84.8 cm³/mol. The summed E-state index contributed by atoms with van der Waals surface area (Å²) in [5.41, 5.74) is 3.53. The minimum absolute atomic E-state index is 0.141. The second-order valence-corrected chi connectivity index (χ2v) is 5.75. The lowest BCUT2D eigenvalue weighted by Crippen LogP contribution is -2.45. The van der Waals surface area contributed by atoms with Crippen molar-refractivity contribution in [1.82, 2.24) is 9.88 Å². The van der Waals surface area contributed by atoms with Crippen molar-refractivity contribution in [2.24, 2.45) is 0 Å². The Labute approximate surface area is 127 Å². The number of nitrogens with zero attached hydrogens (tertiary/aromatic N) is 3. The summed E-state index contributed by atoms with van der Waals surface area (Å²) < 4.78 is 11.0. The van der Waals surface area contributed by atoms with Crippen molar-refractivity contribution in [2.75, 3.05) is 52.4 Å². The Bertz CT molecular complexity index is 449. The molecule has 0 saturated carbocycles. The van der Waals surface area contributed by atoms with E-state index in [1.807, 2.05) is 0 Å². The Morgan fingerprint density at radius 2 is 2.24 bits per heavy atom. The number of aryl methyl sites for hydroxylation is 1. The molecule has 1 aliphatic heterocycles. The molecule has 1 aliphatic rings. The van der Waals surface area contributed by atoms with Crippen LogP contribution in [0.4, 0.5) is 5.69 Å². The highest BCUT2D eigenvalue weighted by molar-refractivity contribution is 5.51. The van der Waals surface area contributed by atoms with Crippen LogP contribution in [-0.4, -0.2) is 63.5 Å². The molecule has 5 nitrogen and oxygen atoms in total. The molecule has 1 unspecified atom stereocenters. The summed E-state index contributed by atoms with van der Waals surface area (Å²) in [4.78, 5) is 9.36. The van der Waals surface area contributed by atoms with Gasteiger partial charge in [-0.3, -0.25) is 4.98 Å². The third-order valence-electron chi connectivity index (χ3n) is 3.67. The third-order valence-corrected chi connectivity index (χ3v) is 3.67. The first-order valence-electron chi connectivity index (χ1n) is 7.63. The quantitative estimate of drug-likeness (QED) is 0.796. The van der Waals surface area contributed by atoms with E-state index in [9.17, 15) is 0 Å². The first-order valence-corrected chi connectivity index (χ1v) is 7.63. The zero-order valence-corrected chi connectivity index (χ0v) is 13.6. The fourth-order valence-electron chi connectivity index (χ4n) is 2.66. The van der Waals surface area contributed by atoms with Crippen LogP contribution in [-0.2, 0) is 22.4 Å². The van der Waals surface area contributed by atoms with Crippen LogP contribution in [0.2, 0.25) is 0 Å². The van der Waals surface area contributed by atoms with E-state index in [1.165, 1.54) is 5.69 Å². The highest BCUT2D eigenvalue weighted by Gasteiger charge is 2.23. The Morgan fingerprint density at radius 3 is 2.90 bits per heavy atom. The van der Waals surface area contributed by atoms with Gasteiger partial charge in [0.2, 0.25) is 0 Å². The maximum Gasteiger partial charge on any atom is 0.0983 e. The highest BCUT2D eigenvalue weighted by Crippen LogP contribution is 2.23. The number of pyridine rings is 1. The van der Waals surface area contributed by atoms with E-state index in [0.29, 0.717) is 6.61 Å². The van der Waals surface area contributed by atoms with Gasteiger partial charge in [0.1, 0.15) is 0 Å². The summed E-state index contributed by atoms with van der Waals surface area (Å²) in [5, 5.41) is 0. The number of methoxy groups -OCH3 is 1. The molecule has 0 spiro atoms. The number of morpholine rings is 1. The van der Waals surface area contributed by atoms with Crippen LogP contribution >= 0.6 is 0 Å². The summed E-state index contributed by atoms with van der Waals surface area (Å²) in [6.45, 7) is 6.15. The molecule has 1 atom stereocenters. The number of aromatic nitrogens is 1. The predicted octanol–water partition coefficient (Wildman–Crippen LogP) is 1.56. The monoisotopic (exact) mass is 293 g/mol.